The van der Waals surface area contributed by atoms with Crippen LogP contribution < -0.4 is 0 Å². The van der Waals surface area contributed by atoms with Gasteiger partial charge in [0.05, 0.1) is 0 Å². The maximum absolute atomic E-state index is 13.5. The van der Waals surface area contributed by atoms with E-state index in [0.717, 1.165) is 23.0 Å². The zero-order valence-corrected chi connectivity index (χ0v) is 9.83. The maximum Gasteiger partial charge on any atom is 0.150 e. The van der Waals surface area contributed by atoms with Crippen molar-refractivity contribution in [2.24, 2.45) is 0 Å². The Bertz CT molecular complexity index is 573. The van der Waals surface area contributed by atoms with Gasteiger partial charge in [0.15, 0.2) is 0 Å². The Morgan fingerprint density at radius 1 is 1.00 bits per heavy atom. The lowest BCUT2D eigenvalue weighted by Gasteiger charge is -2.07. The molecule has 0 saturated heterocycles. The average Bonchev–Trinajstić information content (AvgIpc) is 2.32. The molecular formula is C15H13FO. The highest BCUT2D eigenvalue weighted by atomic mass is 19.1. The first kappa shape index (κ1) is 11.5. The first-order chi connectivity index (χ1) is 8.11. The molecule has 2 aromatic carbocycles. The van der Waals surface area contributed by atoms with Crippen molar-refractivity contribution < 1.29 is 9.18 Å². The Balaban J connectivity index is 2.52. The normalized spacial score (nSPS) is 10.3. The van der Waals surface area contributed by atoms with E-state index >= 15 is 0 Å². The first-order valence-corrected chi connectivity index (χ1v) is 5.44. The van der Waals surface area contributed by atoms with Gasteiger partial charge in [-0.1, -0.05) is 24.3 Å². The van der Waals surface area contributed by atoms with Crippen molar-refractivity contribution in [1.82, 2.24) is 0 Å². The van der Waals surface area contributed by atoms with Crippen molar-refractivity contribution in [2.45, 2.75) is 13.8 Å². The third kappa shape index (κ3) is 2.26. The molecule has 2 rings (SSSR count). The number of carbonyl (C=O) groups is 1. The van der Waals surface area contributed by atoms with Gasteiger partial charge in [0, 0.05) is 5.56 Å². The van der Waals surface area contributed by atoms with Gasteiger partial charge in [0.25, 0.3) is 0 Å². The fraction of sp³-hybridized carbons (Fsp3) is 0.133. The van der Waals surface area contributed by atoms with Crippen LogP contribution in [0.15, 0.2) is 36.4 Å². The molecule has 0 unspecified atom stereocenters. The number of hydrogen-bond acceptors (Lipinski definition) is 1. The third-order valence-electron chi connectivity index (χ3n) is 2.87. The molecule has 0 aromatic heterocycles. The summed E-state index contributed by atoms with van der Waals surface area (Å²) >= 11 is 0. The molecule has 0 fully saturated rings. The SMILES string of the molecule is Cc1ccc(-c2ccc(C=O)cc2C)cc1F. The zero-order chi connectivity index (χ0) is 12.4. The fourth-order valence-corrected chi connectivity index (χ4v) is 1.84. The average molecular weight is 228 g/mol. The summed E-state index contributed by atoms with van der Waals surface area (Å²) in [5.41, 5.74) is 4.03. The molecule has 0 aliphatic carbocycles. The molecule has 1 nitrogen and oxygen atoms in total. The highest BCUT2D eigenvalue weighted by molar-refractivity contribution is 5.78. The van der Waals surface area contributed by atoms with Crippen LogP contribution in [-0.2, 0) is 0 Å². The molecule has 0 atom stereocenters. The second-order valence-corrected chi connectivity index (χ2v) is 4.16. The van der Waals surface area contributed by atoms with E-state index in [4.69, 9.17) is 0 Å². The maximum atomic E-state index is 13.5. The summed E-state index contributed by atoms with van der Waals surface area (Å²) in [6.45, 7) is 3.65. The predicted octanol–water partition coefficient (Wildman–Crippen LogP) is 3.92. The number of aldehydes is 1. The van der Waals surface area contributed by atoms with Gasteiger partial charge in [-0.25, -0.2) is 4.39 Å². The van der Waals surface area contributed by atoms with Crippen LogP contribution in [0.1, 0.15) is 21.5 Å². The summed E-state index contributed by atoms with van der Waals surface area (Å²) in [6, 6.07) is 10.6. The van der Waals surface area contributed by atoms with Gasteiger partial charge in [0.2, 0.25) is 0 Å². The Hall–Kier alpha value is -1.96. The van der Waals surface area contributed by atoms with Gasteiger partial charge in [-0.15, -0.1) is 0 Å². The van der Waals surface area contributed by atoms with Gasteiger partial charge in [-0.05, 0) is 48.2 Å². The van der Waals surface area contributed by atoms with Crippen LogP contribution in [0.5, 0.6) is 0 Å². The molecule has 0 N–H and O–H groups in total. The van der Waals surface area contributed by atoms with Gasteiger partial charge < -0.3 is 0 Å². The molecule has 2 aromatic rings. The molecule has 2 heteroatoms. The predicted molar refractivity (Wildman–Crippen MR) is 66.7 cm³/mol. The number of benzene rings is 2. The molecule has 0 bridgehead atoms. The van der Waals surface area contributed by atoms with Crippen LogP contribution in [0, 0.1) is 19.7 Å². The van der Waals surface area contributed by atoms with E-state index < -0.39 is 0 Å². The number of carbonyl (C=O) groups excluding carboxylic acids is 1. The van der Waals surface area contributed by atoms with E-state index in [9.17, 15) is 9.18 Å². The van der Waals surface area contributed by atoms with Crippen molar-refractivity contribution in [1.29, 1.82) is 0 Å². The highest BCUT2D eigenvalue weighted by Crippen LogP contribution is 2.25. The van der Waals surface area contributed by atoms with Gasteiger partial charge in [-0.3, -0.25) is 4.79 Å². The van der Waals surface area contributed by atoms with E-state index in [-0.39, 0.29) is 5.82 Å². The van der Waals surface area contributed by atoms with Gasteiger partial charge >= 0.3 is 0 Å². The summed E-state index contributed by atoms with van der Waals surface area (Å²) in [4.78, 5) is 10.6. The molecule has 0 aliphatic rings. The Kier molecular flexibility index (Phi) is 3.05. The van der Waals surface area contributed by atoms with E-state index in [1.807, 2.05) is 19.1 Å². The number of halogens is 1. The molecule has 0 spiro atoms. The second-order valence-electron chi connectivity index (χ2n) is 4.16. The smallest absolute Gasteiger partial charge is 0.150 e. The van der Waals surface area contributed by atoms with Crippen LogP contribution in [-0.4, -0.2) is 6.29 Å². The largest absolute Gasteiger partial charge is 0.298 e. The summed E-state index contributed by atoms with van der Waals surface area (Å²) in [6.07, 6.45) is 0.812. The molecule has 0 amide bonds. The topological polar surface area (TPSA) is 17.1 Å². The monoisotopic (exact) mass is 228 g/mol. The van der Waals surface area contributed by atoms with Crippen molar-refractivity contribution in [3.63, 3.8) is 0 Å². The standard InChI is InChI=1S/C15H13FO/c1-10-3-5-13(8-15(10)16)14-6-4-12(9-17)7-11(14)2/h3-9H,1-2H3. The molecule has 17 heavy (non-hydrogen) atoms. The Labute approximate surface area is 99.9 Å². The van der Waals surface area contributed by atoms with Crippen molar-refractivity contribution in [3.8, 4) is 11.1 Å². The highest BCUT2D eigenvalue weighted by Gasteiger charge is 2.05. The minimum atomic E-state index is -0.207. The van der Waals surface area contributed by atoms with Crippen molar-refractivity contribution in [2.75, 3.05) is 0 Å². The van der Waals surface area contributed by atoms with Crippen LogP contribution in [0.4, 0.5) is 4.39 Å². The lowest BCUT2D eigenvalue weighted by atomic mass is 9.98. The van der Waals surface area contributed by atoms with Crippen molar-refractivity contribution >= 4 is 6.29 Å². The Morgan fingerprint density at radius 2 is 1.76 bits per heavy atom. The van der Waals surface area contributed by atoms with E-state index in [1.165, 1.54) is 6.07 Å². The molecule has 0 heterocycles. The summed E-state index contributed by atoms with van der Waals surface area (Å²) < 4.78 is 13.5. The van der Waals surface area contributed by atoms with Crippen LogP contribution in [0.25, 0.3) is 11.1 Å². The van der Waals surface area contributed by atoms with E-state index in [0.29, 0.717) is 11.1 Å². The van der Waals surface area contributed by atoms with Gasteiger partial charge in [-0.2, -0.15) is 0 Å². The van der Waals surface area contributed by atoms with Crippen LogP contribution in [0.2, 0.25) is 0 Å². The zero-order valence-electron chi connectivity index (χ0n) is 9.83. The summed E-state index contributed by atoms with van der Waals surface area (Å²) in [5.74, 6) is -0.207. The number of aryl methyl sites for hydroxylation is 2. The number of hydrogen-bond donors (Lipinski definition) is 0. The lowest BCUT2D eigenvalue weighted by molar-refractivity contribution is 0.112. The van der Waals surface area contributed by atoms with Crippen molar-refractivity contribution in [3.05, 3.63) is 58.9 Å². The lowest BCUT2D eigenvalue weighted by Crippen LogP contribution is -1.89. The fourth-order valence-electron chi connectivity index (χ4n) is 1.84. The minimum absolute atomic E-state index is 0.207. The number of rotatable bonds is 2. The van der Waals surface area contributed by atoms with Crippen LogP contribution >= 0.6 is 0 Å². The summed E-state index contributed by atoms with van der Waals surface area (Å²) in [7, 11) is 0. The van der Waals surface area contributed by atoms with E-state index in [1.54, 1.807) is 25.1 Å². The van der Waals surface area contributed by atoms with Crippen LogP contribution in [0.3, 0.4) is 0 Å². The van der Waals surface area contributed by atoms with E-state index in [2.05, 4.69) is 0 Å². The molecular weight excluding hydrogens is 215 g/mol. The molecule has 0 radical (unpaired) electrons. The Morgan fingerprint density at radius 3 is 2.35 bits per heavy atom. The molecule has 86 valence electrons. The second kappa shape index (κ2) is 4.50. The molecule has 0 aliphatic heterocycles. The minimum Gasteiger partial charge on any atom is -0.298 e. The summed E-state index contributed by atoms with van der Waals surface area (Å²) in [5, 5.41) is 0. The quantitative estimate of drug-likeness (QED) is 0.712. The third-order valence-corrected chi connectivity index (χ3v) is 2.87. The molecule has 0 saturated carbocycles. The first-order valence-electron chi connectivity index (χ1n) is 5.44. The van der Waals surface area contributed by atoms with Gasteiger partial charge in [0.1, 0.15) is 12.1 Å².